The molecule has 2 rings (SSSR count). The van der Waals surface area contributed by atoms with Crippen molar-refractivity contribution in [1.82, 2.24) is 5.32 Å². The number of hydrogen-bond acceptors (Lipinski definition) is 1. The Morgan fingerprint density at radius 1 is 1.26 bits per heavy atom. The van der Waals surface area contributed by atoms with Gasteiger partial charge in [-0.3, -0.25) is 0 Å². The standard InChI is InChI=1S/C17H26FN/c1-3-19-16(17(2)10-5-4-6-11-17)13-14-8-7-9-15(18)12-14/h7-9,12,16,19H,3-6,10-11,13H2,1-2H3. The van der Waals surface area contributed by atoms with Crippen molar-refractivity contribution in [1.29, 1.82) is 0 Å². The summed E-state index contributed by atoms with van der Waals surface area (Å²) >= 11 is 0. The predicted octanol–water partition coefficient (Wildman–Crippen LogP) is 4.32. The first-order chi connectivity index (χ1) is 9.14. The summed E-state index contributed by atoms with van der Waals surface area (Å²) in [5.41, 5.74) is 1.47. The fourth-order valence-corrected chi connectivity index (χ4v) is 3.42. The molecule has 0 radical (unpaired) electrons. The summed E-state index contributed by atoms with van der Waals surface area (Å²) in [5, 5.41) is 3.64. The van der Waals surface area contributed by atoms with Crippen molar-refractivity contribution in [3.8, 4) is 0 Å². The molecule has 1 aliphatic carbocycles. The van der Waals surface area contributed by atoms with Gasteiger partial charge < -0.3 is 5.32 Å². The molecular weight excluding hydrogens is 237 g/mol. The van der Waals surface area contributed by atoms with Crippen LogP contribution in [0.4, 0.5) is 4.39 Å². The van der Waals surface area contributed by atoms with E-state index >= 15 is 0 Å². The van der Waals surface area contributed by atoms with Crippen LogP contribution in [0.15, 0.2) is 24.3 Å². The van der Waals surface area contributed by atoms with Crippen LogP contribution in [0, 0.1) is 11.2 Å². The summed E-state index contributed by atoms with van der Waals surface area (Å²) < 4.78 is 13.3. The fraction of sp³-hybridized carbons (Fsp3) is 0.647. The Labute approximate surface area is 116 Å². The second kappa shape index (κ2) is 6.51. The molecule has 0 aromatic heterocycles. The van der Waals surface area contributed by atoms with Gasteiger partial charge in [-0.1, -0.05) is 45.2 Å². The monoisotopic (exact) mass is 263 g/mol. The lowest BCUT2D eigenvalue weighted by Gasteiger charge is -2.41. The van der Waals surface area contributed by atoms with Gasteiger partial charge in [0, 0.05) is 6.04 Å². The fourth-order valence-electron chi connectivity index (χ4n) is 3.42. The molecule has 0 heterocycles. The van der Waals surface area contributed by atoms with Gasteiger partial charge in [0.15, 0.2) is 0 Å². The molecular formula is C17H26FN. The minimum Gasteiger partial charge on any atom is -0.313 e. The van der Waals surface area contributed by atoms with Gasteiger partial charge in [-0.25, -0.2) is 4.39 Å². The molecule has 0 amide bonds. The Kier molecular flexibility index (Phi) is 4.98. The van der Waals surface area contributed by atoms with E-state index in [1.807, 2.05) is 12.1 Å². The van der Waals surface area contributed by atoms with Crippen LogP contribution in [0.25, 0.3) is 0 Å². The van der Waals surface area contributed by atoms with Crippen LogP contribution >= 0.6 is 0 Å². The summed E-state index contributed by atoms with van der Waals surface area (Å²) in [6.45, 7) is 5.54. The normalized spacial score (nSPS) is 20.2. The van der Waals surface area contributed by atoms with Crippen molar-refractivity contribution >= 4 is 0 Å². The molecule has 1 unspecified atom stereocenters. The molecule has 0 bridgehead atoms. The van der Waals surface area contributed by atoms with E-state index in [0.29, 0.717) is 11.5 Å². The Morgan fingerprint density at radius 2 is 2.00 bits per heavy atom. The van der Waals surface area contributed by atoms with Crippen molar-refractivity contribution in [3.63, 3.8) is 0 Å². The highest BCUT2D eigenvalue weighted by Gasteiger charge is 2.34. The van der Waals surface area contributed by atoms with Gasteiger partial charge in [-0.05, 0) is 48.9 Å². The Bertz CT molecular complexity index is 396. The Balaban J connectivity index is 2.11. The predicted molar refractivity (Wildman–Crippen MR) is 78.8 cm³/mol. The molecule has 1 nitrogen and oxygen atoms in total. The Hall–Kier alpha value is -0.890. The van der Waals surface area contributed by atoms with E-state index < -0.39 is 0 Å². The lowest BCUT2D eigenvalue weighted by atomic mass is 9.69. The first kappa shape index (κ1) is 14.5. The number of hydrogen-bond donors (Lipinski definition) is 1. The number of likely N-dealkylation sites (N-methyl/N-ethyl adjacent to an activating group) is 1. The van der Waals surface area contributed by atoms with Gasteiger partial charge in [0.1, 0.15) is 5.82 Å². The maximum atomic E-state index is 13.3. The molecule has 1 aliphatic rings. The summed E-state index contributed by atoms with van der Waals surface area (Å²) in [5.74, 6) is -0.124. The van der Waals surface area contributed by atoms with Gasteiger partial charge >= 0.3 is 0 Å². The van der Waals surface area contributed by atoms with Crippen LogP contribution in [0.3, 0.4) is 0 Å². The third kappa shape index (κ3) is 3.79. The third-order valence-electron chi connectivity index (χ3n) is 4.62. The van der Waals surface area contributed by atoms with E-state index in [1.54, 1.807) is 6.07 Å². The second-order valence-electron chi connectivity index (χ2n) is 6.16. The molecule has 0 saturated heterocycles. The van der Waals surface area contributed by atoms with Crippen molar-refractivity contribution in [2.24, 2.45) is 5.41 Å². The zero-order valence-electron chi connectivity index (χ0n) is 12.2. The first-order valence-corrected chi connectivity index (χ1v) is 7.62. The summed E-state index contributed by atoms with van der Waals surface area (Å²) in [6, 6.07) is 7.51. The van der Waals surface area contributed by atoms with Crippen LogP contribution in [-0.4, -0.2) is 12.6 Å². The molecule has 1 aromatic rings. The average molecular weight is 263 g/mol. The smallest absolute Gasteiger partial charge is 0.123 e. The number of halogens is 1. The van der Waals surface area contributed by atoms with Crippen molar-refractivity contribution in [2.45, 2.75) is 58.4 Å². The number of benzene rings is 1. The molecule has 1 atom stereocenters. The van der Waals surface area contributed by atoms with Gasteiger partial charge in [0.05, 0.1) is 0 Å². The topological polar surface area (TPSA) is 12.0 Å². The van der Waals surface area contributed by atoms with Crippen LogP contribution in [0.1, 0.15) is 51.5 Å². The van der Waals surface area contributed by atoms with Crippen LogP contribution in [-0.2, 0) is 6.42 Å². The minimum atomic E-state index is -0.124. The number of nitrogens with one attached hydrogen (secondary N) is 1. The largest absolute Gasteiger partial charge is 0.313 e. The quantitative estimate of drug-likeness (QED) is 0.834. The van der Waals surface area contributed by atoms with E-state index in [4.69, 9.17) is 0 Å². The van der Waals surface area contributed by atoms with Crippen molar-refractivity contribution < 1.29 is 4.39 Å². The van der Waals surface area contributed by atoms with Crippen molar-refractivity contribution in [2.75, 3.05) is 6.54 Å². The van der Waals surface area contributed by atoms with Crippen LogP contribution in [0.2, 0.25) is 0 Å². The highest BCUT2D eigenvalue weighted by atomic mass is 19.1. The molecule has 0 spiro atoms. The van der Waals surface area contributed by atoms with E-state index in [0.717, 1.165) is 18.5 Å². The highest BCUT2D eigenvalue weighted by molar-refractivity contribution is 5.18. The molecule has 2 heteroatoms. The van der Waals surface area contributed by atoms with Gasteiger partial charge in [0.25, 0.3) is 0 Å². The summed E-state index contributed by atoms with van der Waals surface area (Å²) in [6.07, 6.45) is 7.56. The van der Waals surface area contributed by atoms with Crippen LogP contribution < -0.4 is 5.32 Å². The van der Waals surface area contributed by atoms with Gasteiger partial charge in [0.2, 0.25) is 0 Å². The molecule has 19 heavy (non-hydrogen) atoms. The summed E-state index contributed by atoms with van der Waals surface area (Å²) in [7, 11) is 0. The molecule has 1 saturated carbocycles. The van der Waals surface area contributed by atoms with E-state index in [1.165, 1.54) is 38.2 Å². The molecule has 106 valence electrons. The minimum absolute atomic E-state index is 0.124. The zero-order chi connectivity index (χ0) is 13.7. The van der Waals surface area contributed by atoms with Gasteiger partial charge in [-0.2, -0.15) is 0 Å². The maximum absolute atomic E-state index is 13.3. The lowest BCUT2D eigenvalue weighted by Crippen LogP contribution is -2.46. The highest BCUT2D eigenvalue weighted by Crippen LogP contribution is 2.39. The van der Waals surface area contributed by atoms with E-state index in [2.05, 4.69) is 19.2 Å². The van der Waals surface area contributed by atoms with Gasteiger partial charge in [-0.15, -0.1) is 0 Å². The number of rotatable bonds is 5. The molecule has 0 aliphatic heterocycles. The second-order valence-corrected chi connectivity index (χ2v) is 6.16. The average Bonchev–Trinajstić information content (AvgIpc) is 2.39. The molecule has 1 N–H and O–H groups in total. The lowest BCUT2D eigenvalue weighted by molar-refractivity contribution is 0.145. The van der Waals surface area contributed by atoms with Crippen molar-refractivity contribution in [3.05, 3.63) is 35.6 Å². The first-order valence-electron chi connectivity index (χ1n) is 7.62. The van der Waals surface area contributed by atoms with E-state index in [9.17, 15) is 4.39 Å². The SMILES string of the molecule is CCNC(Cc1cccc(F)c1)C1(C)CCCCC1. The zero-order valence-corrected chi connectivity index (χ0v) is 12.2. The maximum Gasteiger partial charge on any atom is 0.123 e. The molecule has 1 fully saturated rings. The third-order valence-corrected chi connectivity index (χ3v) is 4.62. The Morgan fingerprint density at radius 3 is 2.63 bits per heavy atom. The van der Waals surface area contributed by atoms with E-state index in [-0.39, 0.29) is 5.82 Å². The van der Waals surface area contributed by atoms with Crippen LogP contribution in [0.5, 0.6) is 0 Å². The molecule has 1 aromatic carbocycles. The summed E-state index contributed by atoms with van der Waals surface area (Å²) in [4.78, 5) is 0.